The number of hydrogen-bond acceptors (Lipinski definition) is 11. The molecular weight excluding hydrogens is 758 g/mol. The second-order valence-corrected chi connectivity index (χ2v) is 17.6. The van der Waals surface area contributed by atoms with Crippen molar-refractivity contribution in [2.45, 2.75) is 71.6 Å². The third kappa shape index (κ3) is 7.16. The quantitative estimate of drug-likeness (QED) is 0.202. The third-order valence-electron chi connectivity index (χ3n) is 12.5. The van der Waals surface area contributed by atoms with Crippen LogP contribution in [0.1, 0.15) is 81.0 Å². The predicted molar refractivity (Wildman–Crippen MR) is 216 cm³/mol. The lowest BCUT2D eigenvalue weighted by Gasteiger charge is -2.63. The van der Waals surface area contributed by atoms with Crippen LogP contribution >= 0.6 is 11.6 Å². The summed E-state index contributed by atoms with van der Waals surface area (Å²) in [4.78, 5) is 59.8. The maximum absolute atomic E-state index is 13.4. The number of carbonyl (C=O) groups is 3. The van der Waals surface area contributed by atoms with Crippen LogP contribution in [0.4, 0.5) is 5.69 Å². The zero-order valence-electron chi connectivity index (χ0n) is 32.8. The average Bonchev–Trinajstić information content (AvgIpc) is 3.19. The predicted octanol–water partition coefficient (Wildman–Crippen LogP) is 4.26. The molecule has 2 aromatic carbocycles. The molecule has 3 amide bonds. The van der Waals surface area contributed by atoms with Crippen molar-refractivity contribution >= 4 is 45.9 Å². The van der Waals surface area contributed by atoms with Crippen LogP contribution < -0.4 is 25.8 Å². The number of piperidine rings is 2. The van der Waals surface area contributed by atoms with Crippen LogP contribution in [0.5, 0.6) is 5.75 Å². The van der Waals surface area contributed by atoms with Crippen molar-refractivity contribution in [2.75, 3.05) is 37.6 Å². The first-order valence-electron chi connectivity index (χ1n) is 19.5. The molecular formula is C43H44ClN9O5. The molecule has 1 atom stereocenters. The van der Waals surface area contributed by atoms with Crippen LogP contribution in [-0.4, -0.2) is 87.5 Å². The van der Waals surface area contributed by atoms with E-state index in [9.17, 15) is 24.4 Å². The monoisotopic (exact) mass is 801 g/mol. The van der Waals surface area contributed by atoms with E-state index in [4.69, 9.17) is 16.3 Å². The molecule has 4 fully saturated rings. The average molecular weight is 802 g/mol. The SMILES string of the molecule is CC1(C)[C@H](NC(=O)c2ccc(C#CCN3CC4(CCN(c5ccc6nnn(C7CCC(=O)NC7=O)c(=O)c6c5)CC4)C3)nc2)C(C)(C)[C@H]1Oc1ccc(C#N)c(Cl)c1. The Morgan fingerprint density at radius 1 is 1.03 bits per heavy atom. The highest BCUT2D eigenvalue weighted by Gasteiger charge is 2.64. The van der Waals surface area contributed by atoms with Crippen LogP contribution in [0.3, 0.4) is 0 Å². The normalized spacial score (nSPS) is 23.1. The number of aromatic nitrogens is 4. The first-order chi connectivity index (χ1) is 27.7. The third-order valence-corrected chi connectivity index (χ3v) is 12.8. The molecule has 2 N–H and O–H groups in total. The molecule has 1 unspecified atom stereocenters. The number of pyridine rings is 1. The maximum Gasteiger partial charge on any atom is 0.278 e. The number of fused-ring (bicyclic) bond motifs is 1. The van der Waals surface area contributed by atoms with Gasteiger partial charge in [0.1, 0.15) is 35.2 Å². The van der Waals surface area contributed by atoms with Crippen LogP contribution in [0.25, 0.3) is 10.9 Å². The Bertz CT molecular complexity index is 2470. The lowest BCUT2D eigenvalue weighted by atomic mass is 9.49. The zero-order valence-corrected chi connectivity index (χ0v) is 33.6. The molecule has 14 nitrogen and oxygen atoms in total. The minimum Gasteiger partial charge on any atom is -0.489 e. The smallest absolute Gasteiger partial charge is 0.278 e. The van der Waals surface area contributed by atoms with E-state index in [-0.39, 0.29) is 53.0 Å². The summed E-state index contributed by atoms with van der Waals surface area (Å²) in [6, 6.07) is 15.2. The van der Waals surface area contributed by atoms with Gasteiger partial charge in [-0.1, -0.05) is 50.4 Å². The number of imide groups is 1. The number of nitrogens with one attached hydrogen (secondary N) is 2. The first-order valence-corrected chi connectivity index (χ1v) is 19.9. The fraction of sp³-hybridized carbons (Fsp3) is 0.442. The van der Waals surface area contributed by atoms with E-state index in [0.29, 0.717) is 45.0 Å². The van der Waals surface area contributed by atoms with Crippen LogP contribution in [0.15, 0.2) is 59.5 Å². The summed E-state index contributed by atoms with van der Waals surface area (Å²) in [5, 5.41) is 23.6. The summed E-state index contributed by atoms with van der Waals surface area (Å²) in [6.07, 6.45) is 3.75. The first kappa shape index (κ1) is 39.0. The summed E-state index contributed by atoms with van der Waals surface area (Å²) in [5.74, 6) is 5.88. The van der Waals surface area contributed by atoms with Gasteiger partial charge in [-0.2, -0.15) is 9.94 Å². The van der Waals surface area contributed by atoms with Crippen LogP contribution in [0.2, 0.25) is 5.02 Å². The van der Waals surface area contributed by atoms with E-state index in [1.165, 1.54) is 0 Å². The van der Waals surface area contributed by atoms with E-state index in [1.807, 2.05) is 12.1 Å². The number of nitrogens with zero attached hydrogens (tertiary/aromatic N) is 7. The molecule has 298 valence electrons. The van der Waals surface area contributed by atoms with E-state index in [1.54, 1.807) is 42.6 Å². The molecule has 58 heavy (non-hydrogen) atoms. The molecule has 4 aliphatic rings. The summed E-state index contributed by atoms with van der Waals surface area (Å²) >= 11 is 6.23. The van der Waals surface area contributed by atoms with Gasteiger partial charge in [-0.3, -0.25) is 29.4 Å². The number of likely N-dealkylation sites (tertiary alicyclic amines) is 1. The molecule has 4 aromatic rings. The number of benzene rings is 2. The number of hydrogen-bond donors (Lipinski definition) is 2. The molecule has 1 aliphatic carbocycles. The summed E-state index contributed by atoms with van der Waals surface area (Å²) in [5.41, 5.74) is 1.92. The van der Waals surface area contributed by atoms with Crippen molar-refractivity contribution in [2.24, 2.45) is 16.2 Å². The van der Waals surface area contributed by atoms with Gasteiger partial charge in [0, 0.05) is 67.4 Å². The molecule has 2 aromatic heterocycles. The molecule has 8 rings (SSSR count). The van der Waals surface area contributed by atoms with Gasteiger partial charge in [-0.05, 0) is 73.1 Å². The van der Waals surface area contributed by atoms with Crippen molar-refractivity contribution in [1.29, 1.82) is 5.26 Å². The van der Waals surface area contributed by atoms with Gasteiger partial charge in [-0.15, -0.1) is 5.10 Å². The zero-order chi connectivity index (χ0) is 41.0. The number of anilines is 1. The fourth-order valence-electron chi connectivity index (χ4n) is 9.58. The number of rotatable bonds is 7. The number of ether oxygens (including phenoxy) is 1. The summed E-state index contributed by atoms with van der Waals surface area (Å²) in [7, 11) is 0. The Morgan fingerprint density at radius 3 is 2.47 bits per heavy atom. The number of halogens is 1. The summed E-state index contributed by atoms with van der Waals surface area (Å²) < 4.78 is 7.44. The van der Waals surface area contributed by atoms with E-state index in [0.717, 1.165) is 49.4 Å². The van der Waals surface area contributed by atoms with Gasteiger partial charge < -0.3 is 15.0 Å². The second kappa shape index (κ2) is 14.8. The Labute approximate surface area is 340 Å². The second-order valence-electron chi connectivity index (χ2n) is 17.2. The number of amides is 3. The number of nitriles is 1. The van der Waals surface area contributed by atoms with Crippen molar-refractivity contribution in [1.82, 2.24) is 35.5 Å². The van der Waals surface area contributed by atoms with Gasteiger partial charge in [0.2, 0.25) is 5.91 Å². The number of carbonyl (C=O) groups excluding carboxylic acids is 3. The molecule has 0 bridgehead atoms. The molecule has 15 heteroatoms. The maximum atomic E-state index is 13.4. The molecule has 0 radical (unpaired) electrons. The van der Waals surface area contributed by atoms with E-state index < -0.39 is 17.5 Å². The Balaban J connectivity index is 0.810. The highest BCUT2D eigenvalue weighted by Crippen LogP contribution is 2.55. The largest absolute Gasteiger partial charge is 0.489 e. The van der Waals surface area contributed by atoms with Crippen molar-refractivity contribution in [3.63, 3.8) is 0 Å². The fourth-order valence-corrected chi connectivity index (χ4v) is 9.80. The van der Waals surface area contributed by atoms with Crippen molar-refractivity contribution in [3.8, 4) is 23.7 Å². The molecule has 1 saturated carbocycles. The Kier molecular flexibility index (Phi) is 9.98. The summed E-state index contributed by atoms with van der Waals surface area (Å²) in [6.45, 7) is 12.5. The van der Waals surface area contributed by atoms with Crippen LogP contribution in [-0.2, 0) is 9.59 Å². The molecule has 5 heterocycles. The molecule has 3 saturated heterocycles. The molecule has 3 aliphatic heterocycles. The van der Waals surface area contributed by atoms with Crippen molar-refractivity contribution < 1.29 is 19.1 Å². The van der Waals surface area contributed by atoms with E-state index >= 15 is 0 Å². The minimum atomic E-state index is -0.860. The molecule has 1 spiro atoms. The van der Waals surface area contributed by atoms with Gasteiger partial charge in [0.25, 0.3) is 17.4 Å². The van der Waals surface area contributed by atoms with Gasteiger partial charge in [0.15, 0.2) is 0 Å². The highest BCUT2D eigenvalue weighted by molar-refractivity contribution is 6.31. The van der Waals surface area contributed by atoms with Crippen LogP contribution in [0, 0.1) is 39.4 Å². The van der Waals surface area contributed by atoms with E-state index in [2.05, 4.69) is 81.3 Å². The van der Waals surface area contributed by atoms with Crippen molar-refractivity contribution in [3.05, 3.63) is 86.9 Å². The van der Waals surface area contributed by atoms with Gasteiger partial charge in [-0.25, -0.2) is 4.98 Å². The Morgan fingerprint density at radius 2 is 1.79 bits per heavy atom. The lowest BCUT2D eigenvalue weighted by molar-refractivity contribution is -0.164. The lowest BCUT2D eigenvalue weighted by Crippen LogP contribution is -2.74. The Hall–Kier alpha value is -5.83. The topological polar surface area (TPSA) is 175 Å². The van der Waals surface area contributed by atoms with Gasteiger partial charge in [0.05, 0.1) is 28.1 Å². The highest BCUT2D eigenvalue weighted by atomic mass is 35.5. The minimum absolute atomic E-state index is 0.147. The standard InChI is InChI=1S/C43H44ClN9O5/c1-41(2)39(42(3,4)40(41)58-30-11-8-26(22-45)32(44)21-30)48-36(55)27-7-9-28(46-23-27)6-5-17-51-24-43(25-51)15-18-52(19-16-43)29-10-12-33-31(20-29)38(57)53(50-49-33)34-13-14-35(54)47-37(34)56/h7-12,20-21,23,34,39-40H,13-19,24-25H2,1-4H3,(H,48,55)(H,47,54,56)/t34?,39-,40-. The van der Waals surface area contributed by atoms with Gasteiger partial charge >= 0.3 is 0 Å².